The summed E-state index contributed by atoms with van der Waals surface area (Å²) in [5.74, 6) is 3.13. The highest BCUT2D eigenvalue weighted by Crippen LogP contribution is 2.61. The van der Waals surface area contributed by atoms with Gasteiger partial charge in [-0.2, -0.15) is 13.5 Å². The van der Waals surface area contributed by atoms with Crippen molar-refractivity contribution in [1.29, 1.82) is 0 Å². The number of nitrogens with one attached hydrogen (secondary N) is 1. The van der Waals surface area contributed by atoms with Gasteiger partial charge >= 0.3 is 0 Å². The number of fused-ring (bicyclic) bond motifs is 1. The number of hydrazone groups is 1. The molecule has 6 heteroatoms. The quantitative estimate of drug-likeness (QED) is 0.650. The molecule has 4 bridgehead atoms. The van der Waals surface area contributed by atoms with E-state index < -0.39 is 10.0 Å². The number of sulfonamides is 1. The second-order valence-electron chi connectivity index (χ2n) is 8.96. The van der Waals surface area contributed by atoms with Crippen LogP contribution >= 0.6 is 0 Å². The van der Waals surface area contributed by atoms with Crippen LogP contribution in [0.5, 0.6) is 0 Å². The predicted octanol–water partition coefficient (Wildman–Crippen LogP) is 3.71. The summed E-state index contributed by atoms with van der Waals surface area (Å²) in [7, 11) is -3.59. The fourth-order valence-electron chi connectivity index (χ4n) is 6.42. The Labute approximate surface area is 155 Å². The highest BCUT2D eigenvalue weighted by atomic mass is 32.2. The standard InChI is InChI=1S/C20H25N3O2S/c1-13(9-20-10-14-6-15(11-20)8-16(7-14)12-20)21-22-19-17-4-2-3-5-18(17)26(24,25)23-19/h2-5,14-16H,6-12H2,1H3,(H,22,23)/b21-13+. The van der Waals surface area contributed by atoms with Crippen molar-refractivity contribution in [2.75, 3.05) is 0 Å². The summed E-state index contributed by atoms with van der Waals surface area (Å²) in [6.07, 6.45) is 9.40. The monoisotopic (exact) mass is 371 g/mol. The maximum absolute atomic E-state index is 12.1. The van der Waals surface area contributed by atoms with E-state index in [1.54, 1.807) is 18.2 Å². The minimum atomic E-state index is -3.59. The molecule has 1 heterocycles. The number of hydrogen-bond donors (Lipinski definition) is 1. The molecule has 1 N–H and O–H groups in total. The Bertz CT molecular complexity index is 881. The lowest BCUT2D eigenvalue weighted by Crippen LogP contribution is -2.46. The molecular formula is C20H25N3O2S. The van der Waals surface area contributed by atoms with Crippen molar-refractivity contribution >= 4 is 21.6 Å². The summed E-state index contributed by atoms with van der Waals surface area (Å²) in [5.41, 5.74) is 5.03. The lowest BCUT2D eigenvalue weighted by atomic mass is 9.48. The minimum absolute atomic E-state index is 0.261. The average molecular weight is 372 g/mol. The van der Waals surface area contributed by atoms with Gasteiger partial charge in [0.15, 0.2) is 5.84 Å². The zero-order valence-electron chi connectivity index (χ0n) is 15.1. The van der Waals surface area contributed by atoms with Crippen LogP contribution in [0.25, 0.3) is 0 Å². The SMILES string of the molecule is C/C(CC12CC3CC(CC(C3)C1)C2)=N\NC1=NS(=O)(=O)c2ccccc21. The molecule has 5 nitrogen and oxygen atoms in total. The summed E-state index contributed by atoms with van der Waals surface area (Å²) < 4.78 is 28.1. The van der Waals surface area contributed by atoms with E-state index in [9.17, 15) is 8.42 Å². The maximum atomic E-state index is 12.1. The number of rotatable bonds is 3. The molecule has 1 aromatic carbocycles. The van der Waals surface area contributed by atoms with Crippen LogP contribution in [0.4, 0.5) is 0 Å². The van der Waals surface area contributed by atoms with E-state index in [-0.39, 0.29) is 4.90 Å². The van der Waals surface area contributed by atoms with Crippen molar-refractivity contribution in [2.45, 2.75) is 56.8 Å². The summed E-state index contributed by atoms with van der Waals surface area (Å²) >= 11 is 0. The maximum Gasteiger partial charge on any atom is 0.285 e. The number of benzene rings is 1. The van der Waals surface area contributed by atoms with Gasteiger partial charge in [-0.15, -0.1) is 4.40 Å². The Morgan fingerprint density at radius 2 is 1.77 bits per heavy atom. The van der Waals surface area contributed by atoms with Gasteiger partial charge in [-0.05, 0) is 87.2 Å². The smallest absolute Gasteiger partial charge is 0.260 e. The van der Waals surface area contributed by atoms with Crippen molar-refractivity contribution in [3.8, 4) is 0 Å². The summed E-state index contributed by atoms with van der Waals surface area (Å²) in [4.78, 5) is 0.261. The van der Waals surface area contributed by atoms with Gasteiger partial charge < -0.3 is 0 Å². The highest BCUT2D eigenvalue weighted by Gasteiger charge is 2.50. The number of amidine groups is 1. The molecule has 6 rings (SSSR count). The van der Waals surface area contributed by atoms with E-state index in [1.807, 2.05) is 6.07 Å². The van der Waals surface area contributed by atoms with E-state index in [0.29, 0.717) is 16.8 Å². The molecule has 0 saturated heterocycles. The Hall–Kier alpha value is -1.69. The molecule has 4 fully saturated rings. The van der Waals surface area contributed by atoms with Crippen LogP contribution in [0.15, 0.2) is 38.7 Å². The van der Waals surface area contributed by atoms with Crippen molar-refractivity contribution in [3.05, 3.63) is 29.8 Å². The van der Waals surface area contributed by atoms with Crippen LogP contribution in [0.3, 0.4) is 0 Å². The number of hydrogen-bond acceptors (Lipinski definition) is 4. The zero-order valence-corrected chi connectivity index (χ0v) is 15.9. The van der Waals surface area contributed by atoms with Crippen molar-refractivity contribution < 1.29 is 8.42 Å². The van der Waals surface area contributed by atoms with Crippen LogP contribution in [-0.4, -0.2) is 20.0 Å². The molecule has 0 aromatic heterocycles. The minimum Gasteiger partial charge on any atom is -0.260 e. The molecule has 0 amide bonds. The largest absolute Gasteiger partial charge is 0.285 e. The van der Waals surface area contributed by atoms with Crippen molar-refractivity contribution in [3.63, 3.8) is 0 Å². The first-order valence-electron chi connectivity index (χ1n) is 9.66. The Balaban J connectivity index is 1.33. The molecule has 0 atom stereocenters. The van der Waals surface area contributed by atoms with E-state index in [4.69, 9.17) is 0 Å². The first-order valence-corrected chi connectivity index (χ1v) is 11.1. The third-order valence-electron chi connectivity index (χ3n) is 6.78. The lowest BCUT2D eigenvalue weighted by Gasteiger charge is -2.57. The molecule has 1 aliphatic heterocycles. The molecule has 26 heavy (non-hydrogen) atoms. The fraction of sp³-hybridized carbons (Fsp3) is 0.600. The van der Waals surface area contributed by atoms with E-state index in [0.717, 1.165) is 29.9 Å². The molecule has 4 saturated carbocycles. The molecule has 0 unspecified atom stereocenters. The van der Waals surface area contributed by atoms with Crippen LogP contribution in [-0.2, 0) is 10.0 Å². The Morgan fingerprint density at radius 3 is 2.42 bits per heavy atom. The molecule has 1 aromatic rings. The van der Waals surface area contributed by atoms with Gasteiger partial charge in [0.1, 0.15) is 4.90 Å². The summed E-state index contributed by atoms with van der Waals surface area (Å²) in [6, 6.07) is 6.91. The molecule has 5 aliphatic rings. The second kappa shape index (κ2) is 5.65. The molecule has 0 radical (unpaired) electrons. The van der Waals surface area contributed by atoms with Crippen LogP contribution in [0, 0.1) is 23.2 Å². The lowest BCUT2D eigenvalue weighted by molar-refractivity contribution is -0.0482. The van der Waals surface area contributed by atoms with Gasteiger partial charge in [-0.25, -0.2) is 0 Å². The van der Waals surface area contributed by atoms with Crippen molar-refractivity contribution in [1.82, 2.24) is 5.43 Å². The Morgan fingerprint density at radius 1 is 1.15 bits per heavy atom. The zero-order chi connectivity index (χ0) is 17.9. The third-order valence-corrected chi connectivity index (χ3v) is 8.11. The van der Waals surface area contributed by atoms with Gasteiger partial charge in [0.25, 0.3) is 10.0 Å². The topological polar surface area (TPSA) is 70.9 Å². The summed E-state index contributed by atoms with van der Waals surface area (Å²) in [6.45, 7) is 2.06. The second-order valence-corrected chi connectivity index (χ2v) is 10.5. The van der Waals surface area contributed by atoms with Crippen LogP contribution < -0.4 is 5.43 Å². The number of nitrogens with zero attached hydrogens (tertiary/aromatic N) is 2. The van der Waals surface area contributed by atoms with Crippen LogP contribution in [0.1, 0.15) is 57.4 Å². The fourth-order valence-corrected chi connectivity index (χ4v) is 7.59. The van der Waals surface area contributed by atoms with Crippen LogP contribution in [0.2, 0.25) is 0 Å². The summed E-state index contributed by atoms with van der Waals surface area (Å²) in [5, 5.41) is 4.52. The normalized spacial score (nSPS) is 36.7. The predicted molar refractivity (Wildman–Crippen MR) is 102 cm³/mol. The van der Waals surface area contributed by atoms with Gasteiger partial charge in [0.05, 0.1) is 0 Å². The first-order chi connectivity index (χ1) is 12.4. The molecule has 0 spiro atoms. The van der Waals surface area contributed by atoms with Gasteiger partial charge in [0, 0.05) is 11.3 Å². The van der Waals surface area contributed by atoms with Gasteiger partial charge in [-0.1, -0.05) is 12.1 Å². The van der Waals surface area contributed by atoms with E-state index in [1.165, 1.54) is 38.5 Å². The average Bonchev–Trinajstić information content (AvgIpc) is 2.83. The molecule has 138 valence electrons. The highest BCUT2D eigenvalue weighted by molar-refractivity contribution is 7.90. The van der Waals surface area contributed by atoms with Crippen molar-refractivity contribution in [2.24, 2.45) is 32.7 Å². The molecular weight excluding hydrogens is 346 g/mol. The third kappa shape index (κ3) is 2.70. The molecule has 4 aliphatic carbocycles. The van der Waals surface area contributed by atoms with E-state index in [2.05, 4.69) is 21.8 Å². The van der Waals surface area contributed by atoms with E-state index >= 15 is 0 Å². The first kappa shape index (κ1) is 16.5. The van der Waals surface area contributed by atoms with Gasteiger partial charge in [-0.3, -0.25) is 5.43 Å². The Kier molecular flexibility index (Phi) is 3.58. The van der Waals surface area contributed by atoms with Gasteiger partial charge in [0.2, 0.25) is 0 Å².